The number of nitrogens with one attached hydrogen (secondary N) is 1. The number of amides is 1. The molecule has 1 heterocycles. The first-order chi connectivity index (χ1) is 11.8. The molecule has 1 unspecified atom stereocenters. The van der Waals surface area contributed by atoms with E-state index >= 15 is 0 Å². The summed E-state index contributed by atoms with van der Waals surface area (Å²) in [5, 5.41) is 6.90. The van der Waals surface area contributed by atoms with Crippen LogP contribution < -0.4 is 5.32 Å². The molecule has 1 N–H and O–H groups in total. The van der Waals surface area contributed by atoms with Crippen LogP contribution >= 0.6 is 0 Å². The molecular weight excluding hydrogens is 418 g/mol. The van der Waals surface area contributed by atoms with Gasteiger partial charge < -0.3 is 10.6 Å². The monoisotopic (exact) mass is 436 g/mol. The van der Waals surface area contributed by atoms with Gasteiger partial charge in [0, 0.05) is 44.0 Å². The van der Waals surface area contributed by atoms with Gasteiger partial charge in [0.15, 0.2) is 0 Å². The Balaban J connectivity index is 0.00000243. The van der Waals surface area contributed by atoms with Gasteiger partial charge in [0.25, 0.3) is 5.91 Å². The van der Waals surface area contributed by atoms with Crippen molar-refractivity contribution in [3.05, 3.63) is 70.0 Å². The fraction of sp³-hybridized carbons (Fsp3) is 0.316. The molecule has 1 fully saturated rings. The van der Waals surface area contributed by atoms with E-state index in [1.807, 2.05) is 19.1 Å². The van der Waals surface area contributed by atoms with Gasteiger partial charge in [0.2, 0.25) is 0 Å². The predicted molar refractivity (Wildman–Crippen MR) is 91.0 cm³/mol. The van der Waals surface area contributed by atoms with Crippen LogP contribution in [-0.2, 0) is 38.9 Å². The van der Waals surface area contributed by atoms with Crippen molar-refractivity contribution in [2.24, 2.45) is 0 Å². The van der Waals surface area contributed by atoms with Crippen molar-refractivity contribution in [2.75, 3.05) is 18.4 Å². The van der Waals surface area contributed by atoms with Crippen molar-refractivity contribution in [2.45, 2.75) is 25.4 Å². The van der Waals surface area contributed by atoms with Crippen molar-refractivity contribution < 1.29 is 50.7 Å². The molecule has 135 valence electrons. The van der Waals surface area contributed by atoms with Gasteiger partial charge in [-0.3, -0.25) is 4.79 Å². The molecule has 3 nitrogen and oxygen atoms in total. The summed E-state index contributed by atoms with van der Waals surface area (Å²) < 4.78 is 38.3. The van der Waals surface area contributed by atoms with Gasteiger partial charge in [-0.2, -0.15) is 13.2 Å². The Bertz CT molecular complexity index is 787. The molecule has 2 aromatic carbocycles. The van der Waals surface area contributed by atoms with E-state index in [0.29, 0.717) is 11.5 Å². The fourth-order valence-corrected chi connectivity index (χ4v) is 3.04. The van der Waals surface area contributed by atoms with Crippen molar-refractivity contribution in [3.8, 4) is 0 Å². The van der Waals surface area contributed by atoms with Crippen molar-refractivity contribution >= 4 is 11.6 Å². The number of alkyl halides is 3. The van der Waals surface area contributed by atoms with Gasteiger partial charge in [-0.1, -0.05) is 18.6 Å². The molecule has 3 rings (SSSR count). The van der Waals surface area contributed by atoms with Gasteiger partial charge in [-0.05, 0) is 54.3 Å². The number of benzene rings is 2. The normalized spacial score (nSPS) is 16.8. The first kappa shape index (κ1) is 21.1. The van der Waals surface area contributed by atoms with E-state index in [0.717, 1.165) is 42.8 Å². The minimum atomic E-state index is -4.44. The maximum Gasteiger partial charge on any atom is 0.416 e. The Hall–Kier alpha value is -1.24. The number of anilines is 1. The van der Waals surface area contributed by atoms with Gasteiger partial charge in [0.1, 0.15) is 0 Å². The zero-order valence-corrected chi connectivity index (χ0v) is 17.1. The van der Waals surface area contributed by atoms with Crippen molar-refractivity contribution in [1.29, 1.82) is 0 Å². The van der Waals surface area contributed by atoms with E-state index in [1.54, 1.807) is 6.07 Å². The van der Waals surface area contributed by atoms with Gasteiger partial charge in [0.05, 0.1) is 5.56 Å². The Morgan fingerprint density at radius 2 is 1.96 bits per heavy atom. The van der Waals surface area contributed by atoms with E-state index in [-0.39, 0.29) is 38.4 Å². The van der Waals surface area contributed by atoms with Crippen LogP contribution in [0.5, 0.6) is 0 Å². The maximum absolute atomic E-state index is 12.8. The van der Waals surface area contributed by atoms with Crippen molar-refractivity contribution in [3.63, 3.8) is 0 Å². The summed E-state index contributed by atoms with van der Waals surface area (Å²) in [4.78, 5) is 12.4. The Labute approximate surface area is 175 Å². The number of rotatable bonds is 3. The van der Waals surface area contributed by atoms with Crippen LogP contribution in [-0.4, -0.2) is 19.0 Å². The maximum atomic E-state index is 12.8. The molecule has 1 aliphatic heterocycles. The van der Waals surface area contributed by atoms with Gasteiger partial charge in [-0.15, -0.1) is 13.1 Å². The second kappa shape index (κ2) is 8.63. The molecule has 1 amide bonds. The van der Waals surface area contributed by atoms with Crippen LogP contribution in [0.3, 0.4) is 0 Å². The summed E-state index contributed by atoms with van der Waals surface area (Å²) >= 11 is 0. The molecule has 2 aromatic rings. The summed E-state index contributed by atoms with van der Waals surface area (Å²) in [5.74, 6) is -0.114. The minimum absolute atomic E-state index is 0. The van der Waals surface area contributed by atoms with Crippen molar-refractivity contribution in [1.82, 2.24) is 0 Å². The van der Waals surface area contributed by atoms with Crippen LogP contribution in [0, 0.1) is 6.92 Å². The molecule has 26 heavy (non-hydrogen) atoms. The Kier molecular flexibility index (Phi) is 7.00. The van der Waals surface area contributed by atoms with Crippen LogP contribution in [0.1, 0.15) is 39.4 Å². The molecule has 0 aromatic heterocycles. The predicted octanol–water partition coefficient (Wildman–Crippen LogP) is 5.12. The number of carbonyl (C=O) groups is 1. The summed E-state index contributed by atoms with van der Waals surface area (Å²) in [5.41, 5.74) is 1.95. The number of hydrogen-bond donors (Lipinski definition) is 1. The third-order valence-corrected chi connectivity index (χ3v) is 4.41. The van der Waals surface area contributed by atoms with E-state index in [4.69, 9.17) is 0 Å². The molecule has 1 radical (unpaired) electrons. The van der Waals surface area contributed by atoms with E-state index < -0.39 is 17.6 Å². The number of nitrogens with zero attached hydrogens (tertiary/aromatic N) is 1. The quantitative estimate of drug-likeness (QED) is 0.713. The van der Waals surface area contributed by atoms with E-state index in [1.165, 1.54) is 12.1 Å². The standard InChI is InChI=1S/C19H18F3N2O.Y/c1-12-5-6-13(9-17(12)14-7-8-23-11-14)18(25)24-16-4-2-3-15(10-16)19(20,21)22;/h2-6,9-10,14H,7-8,11H2,1H3,(H,24,25);/q-1;. The number of hydrogen-bond acceptors (Lipinski definition) is 1. The summed E-state index contributed by atoms with van der Waals surface area (Å²) in [6.45, 7) is 3.56. The SMILES string of the molecule is Cc1ccc(C(=O)Nc2cccc(C(F)(F)F)c2)cc1C1CC[N-]C1.[Y]. The van der Waals surface area contributed by atoms with Gasteiger partial charge in [-0.25, -0.2) is 0 Å². The topological polar surface area (TPSA) is 43.2 Å². The summed E-state index contributed by atoms with van der Waals surface area (Å²) in [7, 11) is 0. The van der Waals surface area contributed by atoms with E-state index in [9.17, 15) is 18.0 Å². The zero-order chi connectivity index (χ0) is 18.0. The van der Waals surface area contributed by atoms with Crippen LogP contribution in [0.4, 0.5) is 18.9 Å². The average Bonchev–Trinajstić information content (AvgIpc) is 3.09. The second-order valence-electron chi connectivity index (χ2n) is 6.22. The summed E-state index contributed by atoms with van der Waals surface area (Å²) in [6, 6.07) is 10.0. The molecule has 1 atom stereocenters. The molecule has 0 bridgehead atoms. The molecular formula is C19H18F3N2OY-. The largest absolute Gasteiger partial charge is 0.662 e. The van der Waals surface area contributed by atoms with E-state index in [2.05, 4.69) is 10.6 Å². The number of aryl methyl sites for hydroxylation is 1. The second-order valence-corrected chi connectivity index (χ2v) is 6.22. The average molecular weight is 436 g/mol. The Morgan fingerprint density at radius 3 is 2.62 bits per heavy atom. The molecule has 1 aliphatic rings. The van der Waals surface area contributed by atoms with Gasteiger partial charge >= 0.3 is 6.18 Å². The molecule has 7 heteroatoms. The Morgan fingerprint density at radius 1 is 1.19 bits per heavy atom. The van der Waals surface area contributed by atoms with Crippen LogP contribution in [0.25, 0.3) is 5.32 Å². The molecule has 0 saturated carbocycles. The smallest absolute Gasteiger partial charge is 0.416 e. The van der Waals surface area contributed by atoms with Crippen LogP contribution in [0.2, 0.25) is 0 Å². The molecule has 1 saturated heterocycles. The number of halogens is 3. The first-order valence-corrected chi connectivity index (χ1v) is 8.07. The number of carbonyl (C=O) groups excluding carboxylic acids is 1. The first-order valence-electron chi connectivity index (χ1n) is 8.07. The van der Waals surface area contributed by atoms with Crippen LogP contribution in [0.15, 0.2) is 42.5 Å². The summed E-state index contributed by atoms with van der Waals surface area (Å²) in [6.07, 6.45) is -3.48. The third-order valence-electron chi connectivity index (χ3n) is 4.41. The molecule has 0 spiro atoms. The fourth-order valence-electron chi connectivity index (χ4n) is 3.04. The molecule has 0 aliphatic carbocycles. The third kappa shape index (κ3) is 4.93. The zero-order valence-electron chi connectivity index (χ0n) is 14.3. The minimum Gasteiger partial charge on any atom is -0.662 e.